The van der Waals surface area contributed by atoms with Crippen LogP contribution >= 0.6 is 34.9 Å². The maximum atomic E-state index is 4.81. The van der Waals surface area contributed by atoms with Crippen LogP contribution in [0.5, 0.6) is 0 Å². The molecule has 0 aliphatic rings. The summed E-state index contributed by atoms with van der Waals surface area (Å²) >= 11 is -0.106. The molecule has 0 spiro atoms. The summed E-state index contributed by atoms with van der Waals surface area (Å²) in [6, 6.07) is 62.4. The van der Waals surface area contributed by atoms with Crippen molar-refractivity contribution in [3.05, 3.63) is 170 Å². The van der Waals surface area contributed by atoms with Crippen molar-refractivity contribution >= 4 is 66.7 Å². The summed E-state index contributed by atoms with van der Waals surface area (Å²) in [5, 5.41) is 8.50. The molecule has 6 aromatic rings. The third-order valence-corrected chi connectivity index (χ3v) is 12.5. The molecule has 41 heavy (non-hydrogen) atoms. The molecule has 0 aliphatic carbocycles. The predicted octanol–water partition coefficient (Wildman–Crippen LogP) is 7.71. The van der Waals surface area contributed by atoms with Crippen LogP contribution < -0.4 is 31.8 Å². The van der Waals surface area contributed by atoms with Crippen molar-refractivity contribution in [1.29, 1.82) is 0 Å². The molecule has 0 aromatic heterocycles. The first-order chi connectivity index (χ1) is 20.3. The van der Waals surface area contributed by atoms with Gasteiger partial charge in [-0.05, 0) is 60.7 Å². The molecule has 206 valence electrons. The van der Waals surface area contributed by atoms with Crippen LogP contribution in [0.1, 0.15) is 0 Å². The Bertz CT molecular complexity index is 1430. The summed E-state index contributed by atoms with van der Waals surface area (Å²) in [6.07, 6.45) is 0. The molecule has 0 fully saturated rings. The standard InChI is InChI=1S/C36H28P2.2ClH.Pd/c1-5-17-29(18-6-1)37(30-19-7-2-8-20-30)35-27-15-13-25-33(35)34-26-14-16-28-36(34)38(31-21-9-3-10-22-31)32-23-11-4-12-24-32;;;/h1-28H;2*1H;/q;;;+2. The van der Waals surface area contributed by atoms with Crippen molar-refractivity contribution < 1.29 is 15.9 Å². The maximum Gasteiger partial charge on any atom is 0.110 e. The molecule has 5 heteroatoms. The summed E-state index contributed by atoms with van der Waals surface area (Å²) < 4.78 is 0. The van der Waals surface area contributed by atoms with Gasteiger partial charge < -0.3 is 0 Å². The van der Waals surface area contributed by atoms with Gasteiger partial charge in [0, 0.05) is 11.1 Å². The summed E-state index contributed by atoms with van der Waals surface area (Å²) in [4.78, 5) is 0. The van der Waals surface area contributed by atoms with Gasteiger partial charge in [0.2, 0.25) is 0 Å². The molecular formula is C36H30Cl2P2Pd+2. The molecule has 0 bridgehead atoms. The van der Waals surface area contributed by atoms with E-state index in [1.165, 1.54) is 43.0 Å². The van der Waals surface area contributed by atoms with Crippen molar-refractivity contribution in [2.24, 2.45) is 0 Å². The minimum absolute atomic E-state index is 0.106. The monoisotopic (exact) mass is 700 g/mol. The molecule has 0 N–H and O–H groups in total. The average molecular weight is 702 g/mol. The molecule has 6 rings (SSSR count). The molecule has 0 heterocycles. The predicted molar refractivity (Wildman–Crippen MR) is 184 cm³/mol. The summed E-state index contributed by atoms with van der Waals surface area (Å²) in [5.41, 5.74) is 2.69. The summed E-state index contributed by atoms with van der Waals surface area (Å²) in [5.74, 6) is 0. The van der Waals surface area contributed by atoms with Crippen LogP contribution in [0.25, 0.3) is 11.1 Å². The fourth-order valence-corrected chi connectivity index (χ4v) is 10.8. The van der Waals surface area contributed by atoms with E-state index in [-0.39, 0.29) is 15.9 Å². The molecule has 0 saturated carbocycles. The van der Waals surface area contributed by atoms with Gasteiger partial charge in [-0.15, -0.1) is 0 Å². The van der Waals surface area contributed by atoms with Crippen LogP contribution in [0.2, 0.25) is 0 Å². The molecule has 0 nitrogen and oxygen atoms in total. The number of hydrogen-bond acceptors (Lipinski definition) is 0. The zero-order valence-corrected chi connectivity index (χ0v) is 27.3. The van der Waals surface area contributed by atoms with Crippen LogP contribution in [-0.2, 0) is 15.9 Å². The SMILES string of the molecule is [Cl][Pd][Cl].c1ccc([PH+](c2ccccc2)c2ccccc2-c2ccccc2[PH+](c2ccccc2)c2ccccc2)cc1. The molecule has 0 saturated heterocycles. The largest absolute Gasteiger partial charge is 0.110 e. The third-order valence-electron chi connectivity index (χ3n) is 6.93. The molecular weight excluding hydrogens is 672 g/mol. The van der Waals surface area contributed by atoms with Gasteiger partial charge in [-0.2, -0.15) is 0 Å². The zero-order valence-electron chi connectivity index (χ0n) is 22.2. The minimum atomic E-state index is -1.21. The van der Waals surface area contributed by atoms with E-state index in [4.69, 9.17) is 19.1 Å². The van der Waals surface area contributed by atoms with E-state index in [0.717, 1.165) is 0 Å². The first kappa shape index (κ1) is 29.9. The smallest absolute Gasteiger partial charge is 0.0620 e. The van der Waals surface area contributed by atoms with Crippen LogP contribution in [0, 0.1) is 0 Å². The van der Waals surface area contributed by atoms with Crippen LogP contribution in [-0.4, -0.2) is 0 Å². The first-order valence-electron chi connectivity index (χ1n) is 13.3. The Hall–Kier alpha value is -2.58. The van der Waals surface area contributed by atoms with Crippen LogP contribution in [0.4, 0.5) is 0 Å². The van der Waals surface area contributed by atoms with E-state index in [2.05, 4.69) is 170 Å². The molecule has 0 radical (unpaired) electrons. The molecule has 6 aromatic carbocycles. The van der Waals surface area contributed by atoms with Crippen LogP contribution in [0.3, 0.4) is 0 Å². The van der Waals surface area contributed by atoms with E-state index in [9.17, 15) is 0 Å². The van der Waals surface area contributed by atoms with Gasteiger partial charge >= 0.3 is 35.0 Å². The van der Waals surface area contributed by atoms with E-state index >= 15 is 0 Å². The number of benzene rings is 6. The Morgan fingerprint density at radius 3 is 0.805 bits per heavy atom. The molecule has 0 amide bonds. The second kappa shape index (κ2) is 15.6. The fraction of sp³-hybridized carbons (Fsp3) is 0. The second-order valence-electron chi connectivity index (χ2n) is 9.35. The quantitative estimate of drug-likeness (QED) is 0.118. The van der Waals surface area contributed by atoms with Gasteiger partial charge in [-0.1, -0.05) is 109 Å². The summed E-state index contributed by atoms with van der Waals surface area (Å²) in [7, 11) is 7.20. The topological polar surface area (TPSA) is 0 Å². The Morgan fingerprint density at radius 2 is 0.537 bits per heavy atom. The molecule has 0 unspecified atom stereocenters. The number of rotatable bonds is 7. The van der Waals surface area contributed by atoms with Crippen LogP contribution in [0.15, 0.2) is 170 Å². The van der Waals surface area contributed by atoms with Gasteiger partial charge in [0.05, 0.1) is 15.8 Å². The summed E-state index contributed by atoms with van der Waals surface area (Å²) in [6.45, 7) is 0. The molecule has 0 aliphatic heterocycles. The van der Waals surface area contributed by atoms with Gasteiger partial charge in [-0.25, -0.2) is 0 Å². The zero-order chi connectivity index (χ0) is 28.3. The Labute approximate surface area is 262 Å². The Kier molecular flexibility index (Phi) is 11.4. The van der Waals surface area contributed by atoms with Gasteiger partial charge in [0.25, 0.3) is 0 Å². The van der Waals surface area contributed by atoms with Crippen molar-refractivity contribution in [2.75, 3.05) is 0 Å². The number of hydrogen-bond donors (Lipinski definition) is 0. The van der Waals surface area contributed by atoms with Crippen molar-refractivity contribution in [3.8, 4) is 11.1 Å². The van der Waals surface area contributed by atoms with Crippen molar-refractivity contribution in [1.82, 2.24) is 0 Å². The minimum Gasteiger partial charge on any atom is -0.0620 e. The Balaban J connectivity index is 0.00000108. The maximum absolute atomic E-state index is 4.81. The van der Waals surface area contributed by atoms with Crippen molar-refractivity contribution in [2.45, 2.75) is 0 Å². The Morgan fingerprint density at radius 1 is 0.317 bits per heavy atom. The fourth-order valence-electron chi connectivity index (χ4n) is 5.25. The average Bonchev–Trinajstić information content (AvgIpc) is 3.04. The van der Waals surface area contributed by atoms with E-state index in [1.54, 1.807) is 0 Å². The molecule has 0 atom stereocenters. The van der Waals surface area contributed by atoms with Gasteiger partial charge in [0.1, 0.15) is 31.8 Å². The van der Waals surface area contributed by atoms with E-state index in [0.29, 0.717) is 0 Å². The number of halogens is 2. The van der Waals surface area contributed by atoms with E-state index in [1.807, 2.05) is 0 Å². The van der Waals surface area contributed by atoms with Gasteiger partial charge in [-0.3, -0.25) is 0 Å². The normalized spacial score (nSPS) is 10.8. The second-order valence-corrected chi connectivity index (χ2v) is 16.6. The van der Waals surface area contributed by atoms with Crippen molar-refractivity contribution in [3.63, 3.8) is 0 Å². The van der Waals surface area contributed by atoms with Gasteiger partial charge in [0.15, 0.2) is 0 Å². The third kappa shape index (κ3) is 7.44. The first-order valence-corrected chi connectivity index (χ1v) is 20.3. The van der Waals surface area contributed by atoms with E-state index < -0.39 is 15.8 Å².